The van der Waals surface area contributed by atoms with E-state index in [0.29, 0.717) is 25.1 Å². The standard InChI is InChI=1S/C33H48N4O7/c1-32(2,3)43-24-17-15-23(16-18-24)21-27(37-28(38)25(34)20-22-12-8-7-9-13-22)29(39)36-26(30(40)41)14-10-11-19-35-31(42)44-33(4,5)6/h7-9,12-13,15-18,25-27H,10-11,14,19-21,34H2,1-6H3,(H,35,42)(H,36,39)(H,37,38)(H,40,41)/t25-,26-,27-/m0/s1. The van der Waals surface area contributed by atoms with Crippen molar-refractivity contribution >= 4 is 23.9 Å². The van der Waals surface area contributed by atoms with Crippen LogP contribution in [-0.4, -0.2) is 64.9 Å². The molecule has 0 aromatic heterocycles. The number of unbranched alkanes of at least 4 members (excludes halogenated alkanes) is 1. The minimum absolute atomic E-state index is 0.109. The molecule has 2 aromatic rings. The van der Waals surface area contributed by atoms with Crippen LogP contribution in [0.1, 0.15) is 71.9 Å². The van der Waals surface area contributed by atoms with Crippen LogP contribution in [0.5, 0.6) is 5.75 Å². The van der Waals surface area contributed by atoms with Crippen molar-refractivity contribution < 1.29 is 33.8 Å². The number of hydrogen-bond donors (Lipinski definition) is 5. The molecule has 0 fully saturated rings. The second-order valence-corrected chi connectivity index (χ2v) is 12.7. The predicted molar refractivity (Wildman–Crippen MR) is 168 cm³/mol. The predicted octanol–water partition coefficient (Wildman–Crippen LogP) is 3.73. The lowest BCUT2D eigenvalue weighted by Gasteiger charge is -2.24. The highest BCUT2D eigenvalue weighted by Gasteiger charge is 2.28. The maximum atomic E-state index is 13.4. The van der Waals surface area contributed by atoms with Crippen LogP contribution in [0.4, 0.5) is 4.79 Å². The molecule has 11 nitrogen and oxygen atoms in total. The van der Waals surface area contributed by atoms with Gasteiger partial charge in [-0.05, 0) is 90.5 Å². The Balaban J connectivity index is 2.07. The van der Waals surface area contributed by atoms with Gasteiger partial charge in [0.15, 0.2) is 0 Å². The smallest absolute Gasteiger partial charge is 0.407 e. The molecule has 0 saturated heterocycles. The number of carbonyl (C=O) groups is 4. The van der Waals surface area contributed by atoms with E-state index < -0.39 is 47.6 Å². The molecule has 0 unspecified atom stereocenters. The van der Waals surface area contributed by atoms with Crippen molar-refractivity contribution in [2.24, 2.45) is 5.73 Å². The van der Waals surface area contributed by atoms with E-state index in [1.165, 1.54) is 0 Å². The van der Waals surface area contributed by atoms with Crippen LogP contribution >= 0.6 is 0 Å². The van der Waals surface area contributed by atoms with Crippen molar-refractivity contribution in [1.82, 2.24) is 16.0 Å². The number of amides is 3. The molecule has 0 aliphatic heterocycles. The highest BCUT2D eigenvalue weighted by atomic mass is 16.6. The van der Waals surface area contributed by atoms with E-state index in [1.807, 2.05) is 51.1 Å². The van der Waals surface area contributed by atoms with Crippen LogP contribution in [0, 0.1) is 0 Å². The molecule has 0 bridgehead atoms. The third-order valence-electron chi connectivity index (χ3n) is 6.26. The highest BCUT2D eigenvalue weighted by Crippen LogP contribution is 2.19. The number of carboxylic acid groups (broad SMARTS) is 1. The monoisotopic (exact) mass is 612 g/mol. The maximum absolute atomic E-state index is 13.4. The second kappa shape index (κ2) is 16.7. The molecule has 0 heterocycles. The van der Waals surface area contributed by atoms with E-state index in [2.05, 4.69) is 16.0 Å². The Morgan fingerprint density at radius 1 is 0.773 bits per heavy atom. The van der Waals surface area contributed by atoms with Gasteiger partial charge in [0.1, 0.15) is 29.0 Å². The molecule has 0 spiro atoms. The number of rotatable bonds is 15. The van der Waals surface area contributed by atoms with Crippen LogP contribution in [0.15, 0.2) is 54.6 Å². The van der Waals surface area contributed by atoms with E-state index in [4.69, 9.17) is 15.2 Å². The number of carbonyl (C=O) groups excluding carboxylic acids is 3. The lowest BCUT2D eigenvalue weighted by Crippen LogP contribution is -2.55. The first kappa shape index (κ1) is 36.1. The van der Waals surface area contributed by atoms with Crippen LogP contribution in [-0.2, 0) is 32.0 Å². The van der Waals surface area contributed by atoms with Gasteiger partial charge in [0.2, 0.25) is 11.8 Å². The fourth-order valence-corrected chi connectivity index (χ4v) is 4.24. The summed E-state index contributed by atoms with van der Waals surface area (Å²) in [5.41, 5.74) is 6.78. The van der Waals surface area contributed by atoms with Crippen molar-refractivity contribution in [3.8, 4) is 5.75 Å². The van der Waals surface area contributed by atoms with Gasteiger partial charge in [0, 0.05) is 13.0 Å². The van der Waals surface area contributed by atoms with Crippen molar-refractivity contribution in [1.29, 1.82) is 0 Å². The van der Waals surface area contributed by atoms with Gasteiger partial charge < -0.3 is 36.3 Å². The number of hydrogen-bond acceptors (Lipinski definition) is 7. The van der Waals surface area contributed by atoms with Gasteiger partial charge in [0.25, 0.3) is 0 Å². The molecule has 2 rings (SSSR count). The summed E-state index contributed by atoms with van der Waals surface area (Å²) in [6.45, 7) is 11.4. The Morgan fingerprint density at radius 3 is 1.93 bits per heavy atom. The largest absolute Gasteiger partial charge is 0.488 e. The number of ether oxygens (including phenoxy) is 2. The van der Waals surface area contributed by atoms with Crippen molar-refractivity contribution in [3.63, 3.8) is 0 Å². The number of aliphatic carboxylic acids is 1. The van der Waals surface area contributed by atoms with Gasteiger partial charge in [-0.15, -0.1) is 0 Å². The second-order valence-electron chi connectivity index (χ2n) is 12.7. The van der Waals surface area contributed by atoms with Crippen molar-refractivity contribution in [3.05, 3.63) is 65.7 Å². The van der Waals surface area contributed by atoms with E-state index in [9.17, 15) is 24.3 Å². The molecule has 242 valence electrons. The molecule has 0 aliphatic rings. The SMILES string of the molecule is CC(C)(C)OC(=O)NCCCC[C@H](NC(=O)[C@H](Cc1ccc(OC(C)(C)C)cc1)NC(=O)[C@@H](N)Cc1ccccc1)C(=O)O. The average molecular weight is 613 g/mol. The summed E-state index contributed by atoms with van der Waals surface area (Å²) in [5.74, 6) is -1.71. The number of carboxylic acids is 1. The van der Waals surface area contributed by atoms with Gasteiger partial charge >= 0.3 is 12.1 Å². The lowest BCUT2D eigenvalue weighted by molar-refractivity contribution is -0.142. The highest BCUT2D eigenvalue weighted by molar-refractivity contribution is 5.92. The summed E-state index contributed by atoms with van der Waals surface area (Å²) in [4.78, 5) is 50.3. The molecule has 11 heteroatoms. The first-order valence-corrected chi connectivity index (χ1v) is 14.9. The van der Waals surface area contributed by atoms with Gasteiger partial charge in [-0.1, -0.05) is 42.5 Å². The van der Waals surface area contributed by atoms with Crippen LogP contribution in [0.2, 0.25) is 0 Å². The fourth-order valence-electron chi connectivity index (χ4n) is 4.24. The Morgan fingerprint density at radius 2 is 1.36 bits per heavy atom. The van der Waals surface area contributed by atoms with Crippen LogP contribution < -0.4 is 26.4 Å². The maximum Gasteiger partial charge on any atom is 0.407 e. The summed E-state index contributed by atoms with van der Waals surface area (Å²) in [6.07, 6.45) is 0.858. The summed E-state index contributed by atoms with van der Waals surface area (Å²) in [6, 6.07) is 13.3. The number of nitrogens with two attached hydrogens (primary N) is 1. The number of benzene rings is 2. The summed E-state index contributed by atoms with van der Waals surface area (Å²) < 4.78 is 11.1. The molecule has 0 aliphatic carbocycles. The Kier molecular flexibility index (Phi) is 13.7. The van der Waals surface area contributed by atoms with Crippen molar-refractivity contribution in [2.45, 2.75) is 103 Å². The Bertz CT molecular complexity index is 1220. The molecule has 3 atom stereocenters. The van der Waals surface area contributed by atoms with E-state index in [1.54, 1.807) is 45.0 Å². The lowest BCUT2D eigenvalue weighted by atomic mass is 10.0. The molecule has 6 N–H and O–H groups in total. The average Bonchev–Trinajstić information content (AvgIpc) is 2.91. The minimum atomic E-state index is -1.20. The number of nitrogens with one attached hydrogen (secondary N) is 3. The molecule has 2 aromatic carbocycles. The van der Waals surface area contributed by atoms with Crippen molar-refractivity contribution in [2.75, 3.05) is 6.54 Å². The molecular weight excluding hydrogens is 564 g/mol. The Hall–Kier alpha value is -4.12. The first-order valence-electron chi connectivity index (χ1n) is 14.9. The van der Waals surface area contributed by atoms with Gasteiger partial charge in [-0.25, -0.2) is 9.59 Å². The summed E-state index contributed by atoms with van der Waals surface area (Å²) in [7, 11) is 0. The van der Waals surface area contributed by atoms with Crippen LogP contribution in [0.25, 0.3) is 0 Å². The topological polar surface area (TPSA) is 169 Å². The summed E-state index contributed by atoms with van der Waals surface area (Å²) >= 11 is 0. The zero-order valence-electron chi connectivity index (χ0n) is 26.6. The quantitative estimate of drug-likeness (QED) is 0.190. The minimum Gasteiger partial charge on any atom is -0.488 e. The normalized spacial score (nSPS) is 13.6. The van der Waals surface area contributed by atoms with Gasteiger partial charge in [-0.3, -0.25) is 9.59 Å². The van der Waals surface area contributed by atoms with E-state index >= 15 is 0 Å². The molecule has 0 saturated carbocycles. The summed E-state index contributed by atoms with van der Waals surface area (Å²) in [5, 5.41) is 17.7. The first-order chi connectivity index (χ1) is 20.5. The van der Waals surface area contributed by atoms with E-state index in [0.717, 1.165) is 11.1 Å². The van der Waals surface area contributed by atoms with E-state index in [-0.39, 0.29) is 24.9 Å². The van der Waals surface area contributed by atoms with Gasteiger partial charge in [-0.2, -0.15) is 0 Å². The third kappa shape index (κ3) is 14.4. The van der Waals surface area contributed by atoms with Gasteiger partial charge in [0.05, 0.1) is 6.04 Å². The Labute approximate surface area is 260 Å². The third-order valence-corrected chi connectivity index (χ3v) is 6.26. The molecule has 44 heavy (non-hydrogen) atoms. The van der Waals surface area contributed by atoms with Crippen LogP contribution in [0.3, 0.4) is 0 Å². The molecule has 0 radical (unpaired) electrons. The zero-order valence-corrected chi connectivity index (χ0v) is 26.6. The fraction of sp³-hybridized carbons (Fsp3) is 0.515. The molecule has 3 amide bonds. The zero-order chi connectivity index (χ0) is 32.9. The number of alkyl carbamates (subject to hydrolysis) is 1. The molecular formula is C33H48N4O7.